The molecule has 1 saturated carbocycles. The van der Waals surface area contributed by atoms with Gasteiger partial charge in [-0.3, -0.25) is 4.79 Å². The second-order valence-electron chi connectivity index (χ2n) is 7.57. The fourth-order valence-electron chi connectivity index (χ4n) is 4.27. The van der Waals surface area contributed by atoms with Crippen molar-refractivity contribution < 1.29 is 4.79 Å². The smallest absolute Gasteiger partial charge is 0.220 e. The first-order chi connectivity index (χ1) is 12.8. The van der Waals surface area contributed by atoms with E-state index in [2.05, 4.69) is 20.6 Å². The lowest BCUT2D eigenvalue weighted by atomic mass is 10.0. The molecule has 2 N–H and O–H groups in total. The van der Waals surface area contributed by atoms with Crippen molar-refractivity contribution in [2.24, 2.45) is 5.92 Å². The van der Waals surface area contributed by atoms with Gasteiger partial charge in [-0.25, -0.2) is 14.6 Å². The summed E-state index contributed by atoms with van der Waals surface area (Å²) in [6, 6.07) is 0. The van der Waals surface area contributed by atoms with Gasteiger partial charge >= 0.3 is 0 Å². The number of hydrogen-bond donors (Lipinski definition) is 2. The number of hydrogen-bond acceptors (Lipinski definition) is 5. The zero-order valence-corrected chi connectivity index (χ0v) is 15.3. The number of rotatable bonds is 7. The second-order valence-corrected chi connectivity index (χ2v) is 7.57. The fourth-order valence-corrected chi connectivity index (χ4v) is 4.27. The van der Waals surface area contributed by atoms with E-state index in [1.165, 1.54) is 25.7 Å². The molecule has 1 aliphatic heterocycles. The van der Waals surface area contributed by atoms with E-state index in [-0.39, 0.29) is 5.91 Å². The molecule has 1 atom stereocenters. The van der Waals surface area contributed by atoms with Gasteiger partial charge in [-0.2, -0.15) is 5.10 Å². The Labute approximate surface area is 154 Å². The molecule has 2 aromatic heterocycles. The molecular weight excluding hydrogens is 328 g/mol. The van der Waals surface area contributed by atoms with E-state index in [1.807, 2.05) is 4.68 Å². The number of carbonyl (C=O) groups is 1. The zero-order chi connectivity index (χ0) is 17.8. The number of nitrogens with one attached hydrogen (secondary N) is 2. The summed E-state index contributed by atoms with van der Waals surface area (Å²) in [5.74, 6) is 1.31. The lowest BCUT2D eigenvalue weighted by molar-refractivity contribution is -0.121. The lowest BCUT2D eigenvalue weighted by Crippen LogP contribution is -2.27. The summed E-state index contributed by atoms with van der Waals surface area (Å²) >= 11 is 0. The molecule has 2 fully saturated rings. The first-order valence-electron chi connectivity index (χ1n) is 9.96. The van der Waals surface area contributed by atoms with Gasteiger partial charge < -0.3 is 10.6 Å². The van der Waals surface area contributed by atoms with Crippen molar-refractivity contribution in [1.82, 2.24) is 30.4 Å². The first kappa shape index (κ1) is 17.4. The normalized spacial score (nSPS) is 20.8. The average Bonchev–Trinajstić information content (AvgIpc) is 3.41. The first-order valence-corrected chi connectivity index (χ1v) is 9.96. The van der Waals surface area contributed by atoms with Crippen LogP contribution in [0.4, 0.5) is 0 Å². The Bertz CT molecular complexity index is 746. The van der Waals surface area contributed by atoms with Gasteiger partial charge in [-0.15, -0.1) is 0 Å². The van der Waals surface area contributed by atoms with Crippen LogP contribution in [-0.4, -0.2) is 45.3 Å². The maximum Gasteiger partial charge on any atom is 0.220 e. The Balaban J connectivity index is 1.34. The van der Waals surface area contributed by atoms with Gasteiger partial charge in [-0.1, -0.05) is 25.7 Å². The Hall–Kier alpha value is -2.02. The number of aromatic nitrogens is 4. The summed E-state index contributed by atoms with van der Waals surface area (Å²) in [5.41, 5.74) is 2.74. The molecule has 4 rings (SSSR count). The van der Waals surface area contributed by atoms with Gasteiger partial charge in [0.05, 0.1) is 12.2 Å². The Morgan fingerprint density at radius 1 is 1.23 bits per heavy atom. The Morgan fingerprint density at radius 2 is 2.08 bits per heavy atom. The molecule has 1 saturated heterocycles. The van der Waals surface area contributed by atoms with Crippen LogP contribution in [0.3, 0.4) is 0 Å². The van der Waals surface area contributed by atoms with Crippen LogP contribution in [-0.2, 0) is 11.3 Å². The SMILES string of the molecule is O=C(CCC1CCCC1)NCCn1nc([C@H]2CCNC2)c2nccnc21. The third-order valence-electron chi connectivity index (χ3n) is 5.74. The summed E-state index contributed by atoms with van der Waals surface area (Å²) in [6.45, 7) is 3.18. The van der Waals surface area contributed by atoms with Crippen LogP contribution in [0.25, 0.3) is 11.2 Å². The van der Waals surface area contributed by atoms with E-state index < -0.39 is 0 Å². The molecular formula is C19H28N6O. The van der Waals surface area contributed by atoms with Gasteiger partial charge in [0, 0.05) is 37.8 Å². The van der Waals surface area contributed by atoms with E-state index >= 15 is 0 Å². The molecule has 3 heterocycles. The topological polar surface area (TPSA) is 84.7 Å². The molecule has 0 aromatic carbocycles. The van der Waals surface area contributed by atoms with Crippen LogP contribution in [0.2, 0.25) is 0 Å². The fraction of sp³-hybridized carbons (Fsp3) is 0.684. The van der Waals surface area contributed by atoms with Gasteiger partial charge in [0.25, 0.3) is 0 Å². The monoisotopic (exact) mass is 356 g/mol. The van der Waals surface area contributed by atoms with Crippen molar-refractivity contribution >= 4 is 17.1 Å². The standard InChI is InChI=1S/C19H28N6O/c26-16(6-5-14-3-1-2-4-14)21-11-12-25-19-18(22-9-10-23-19)17(24-25)15-7-8-20-13-15/h9-10,14-15,20H,1-8,11-13H2,(H,21,26)/t15-/m0/s1. The minimum absolute atomic E-state index is 0.152. The molecule has 7 nitrogen and oxygen atoms in total. The third-order valence-corrected chi connectivity index (χ3v) is 5.74. The second kappa shape index (κ2) is 8.12. The number of nitrogens with zero attached hydrogens (tertiary/aromatic N) is 4. The maximum atomic E-state index is 12.1. The van der Waals surface area contributed by atoms with Crippen molar-refractivity contribution in [3.8, 4) is 0 Å². The van der Waals surface area contributed by atoms with Crippen LogP contribution >= 0.6 is 0 Å². The van der Waals surface area contributed by atoms with Crippen LogP contribution in [0.15, 0.2) is 12.4 Å². The molecule has 2 aliphatic rings. The van der Waals surface area contributed by atoms with Crippen LogP contribution < -0.4 is 10.6 Å². The van der Waals surface area contributed by atoms with Crippen LogP contribution in [0.5, 0.6) is 0 Å². The van der Waals surface area contributed by atoms with E-state index in [9.17, 15) is 4.79 Å². The summed E-state index contributed by atoms with van der Waals surface area (Å²) in [6.07, 6.45) is 11.4. The average molecular weight is 356 g/mol. The zero-order valence-electron chi connectivity index (χ0n) is 15.3. The highest BCUT2D eigenvalue weighted by Crippen LogP contribution is 2.28. The molecule has 1 aliphatic carbocycles. The predicted octanol–water partition coefficient (Wildman–Crippen LogP) is 1.99. The van der Waals surface area contributed by atoms with E-state index in [1.54, 1.807) is 12.4 Å². The number of amides is 1. The number of fused-ring (bicyclic) bond motifs is 1. The molecule has 0 spiro atoms. The maximum absolute atomic E-state index is 12.1. The minimum atomic E-state index is 0.152. The summed E-state index contributed by atoms with van der Waals surface area (Å²) in [7, 11) is 0. The Kier molecular flexibility index (Phi) is 5.43. The summed E-state index contributed by atoms with van der Waals surface area (Å²) in [5, 5.41) is 11.2. The molecule has 2 aromatic rings. The quantitative estimate of drug-likeness (QED) is 0.792. The van der Waals surface area contributed by atoms with Gasteiger partial charge in [0.15, 0.2) is 5.65 Å². The van der Waals surface area contributed by atoms with E-state index in [4.69, 9.17) is 5.10 Å². The van der Waals surface area contributed by atoms with Crippen molar-refractivity contribution in [3.63, 3.8) is 0 Å². The van der Waals surface area contributed by atoms with Crippen molar-refractivity contribution in [1.29, 1.82) is 0 Å². The molecule has 140 valence electrons. The van der Waals surface area contributed by atoms with E-state index in [0.29, 0.717) is 25.4 Å². The van der Waals surface area contributed by atoms with Crippen molar-refractivity contribution in [2.75, 3.05) is 19.6 Å². The molecule has 1 amide bonds. The predicted molar refractivity (Wildman–Crippen MR) is 99.8 cm³/mol. The number of carbonyl (C=O) groups excluding carboxylic acids is 1. The molecule has 0 unspecified atom stereocenters. The van der Waals surface area contributed by atoms with Gasteiger partial charge in [0.2, 0.25) is 5.91 Å². The molecule has 26 heavy (non-hydrogen) atoms. The lowest BCUT2D eigenvalue weighted by Gasteiger charge is -2.09. The largest absolute Gasteiger partial charge is 0.354 e. The summed E-state index contributed by atoms with van der Waals surface area (Å²) in [4.78, 5) is 21.1. The highest BCUT2D eigenvalue weighted by atomic mass is 16.1. The van der Waals surface area contributed by atoms with Crippen LogP contribution in [0, 0.1) is 5.92 Å². The molecule has 0 bridgehead atoms. The third kappa shape index (κ3) is 3.87. The van der Waals surface area contributed by atoms with Crippen molar-refractivity contribution in [2.45, 2.75) is 57.4 Å². The summed E-state index contributed by atoms with van der Waals surface area (Å²) < 4.78 is 1.90. The highest BCUT2D eigenvalue weighted by Gasteiger charge is 2.24. The Morgan fingerprint density at radius 3 is 2.88 bits per heavy atom. The molecule has 7 heteroatoms. The molecule has 0 radical (unpaired) electrons. The minimum Gasteiger partial charge on any atom is -0.354 e. The van der Waals surface area contributed by atoms with Crippen molar-refractivity contribution in [3.05, 3.63) is 18.1 Å². The van der Waals surface area contributed by atoms with Gasteiger partial charge in [-0.05, 0) is 25.3 Å². The van der Waals surface area contributed by atoms with E-state index in [0.717, 1.165) is 48.7 Å². The highest BCUT2D eigenvalue weighted by molar-refractivity contribution is 5.76. The van der Waals surface area contributed by atoms with Gasteiger partial charge in [0.1, 0.15) is 5.52 Å². The van der Waals surface area contributed by atoms with Crippen LogP contribution in [0.1, 0.15) is 56.6 Å².